The van der Waals surface area contributed by atoms with Crippen LogP contribution in [0.4, 0.5) is 0 Å². The number of halogens is 1. The van der Waals surface area contributed by atoms with Crippen molar-refractivity contribution in [3.05, 3.63) is 81.2 Å². The number of hydrogen-bond donors (Lipinski definition) is 1. The summed E-state index contributed by atoms with van der Waals surface area (Å²) in [4.78, 5) is 24.2. The van der Waals surface area contributed by atoms with E-state index in [1.807, 2.05) is 0 Å². The molecule has 0 spiro atoms. The first-order valence-corrected chi connectivity index (χ1v) is 7.17. The van der Waals surface area contributed by atoms with Gasteiger partial charge < -0.3 is 9.52 Å². The molecule has 4 nitrogen and oxygen atoms in total. The number of allylic oxidation sites excluding steroid dienone is 1. The molecule has 3 rings (SSSR count). The third kappa shape index (κ3) is 3.03. The van der Waals surface area contributed by atoms with Crippen LogP contribution in [0.2, 0.25) is 5.02 Å². The number of carbonyl (C=O) groups is 1. The SMILES string of the molecule is O=C(/C=C/c1cccc(Cl)c1)c1c(O)c2ccccc2oc1=O. The number of aromatic hydroxyl groups is 1. The number of fused-ring (bicyclic) bond motifs is 1. The Balaban J connectivity index is 2.03. The van der Waals surface area contributed by atoms with Crippen LogP contribution in [0, 0.1) is 0 Å². The lowest BCUT2D eigenvalue weighted by molar-refractivity contribution is 0.104. The summed E-state index contributed by atoms with van der Waals surface area (Å²) in [5.74, 6) is -1.01. The number of carbonyl (C=O) groups excluding carboxylic acids is 1. The van der Waals surface area contributed by atoms with Gasteiger partial charge in [0.1, 0.15) is 16.9 Å². The van der Waals surface area contributed by atoms with Crippen molar-refractivity contribution in [2.75, 3.05) is 0 Å². The summed E-state index contributed by atoms with van der Waals surface area (Å²) >= 11 is 5.87. The molecule has 1 heterocycles. The predicted molar refractivity (Wildman–Crippen MR) is 89.0 cm³/mol. The summed E-state index contributed by atoms with van der Waals surface area (Å²) in [6.07, 6.45) is 2.72. The molecule has 0 bridgehead atoms. The molecule has 3 aromatic rings. The lowest BCUT2D eigenvalue weighted by Gasteiger charge is -2.03. The Labute approximate surface area is 136 Å². The molecule has 0 saturated carbocycles. The Bertz CT molecular complexity index is 986. The third-order valence-electron chi connectivity index (χ3n) is 3.31. The van der Waals surface area contributed by atoms with Gasteiger partial charge in [-0.05, 0) is 35.9 Å². The Morgan fingerprint density at radius 2 is 1.91 bits per heavy atom. The molecule has 0 radical (unpaired) electrons. The molecule has 0 fully saturated rings. The molecule has 0 aliphatic rings. The standard InChI is InChI=1S/C18H11ClO4/c19-12-5-3-4-11(10-12)8-9-14(20)16-17(21)13-6-1-2-7-15(13)23-18(16)22/h1-10,21H/b9-8+. The molecular formula is C18H11ClO4. The van der Waals surface area contributed by atoms with Crippen molar-refractivity contribution in [3.63, 3.8) is 0 Å². The van der Waals surface area contributed by atoms with E-state index in [1.54, 1.807) is 48.5 Å². The van der Waals surface area contributed by atoms with Crippen LogP contribution in [0.1, 0.15) is 15.9 Å². The minimum Gasteiger partial charge on any atom is -0.506 e. The largest absolute Gasteiger partial charge is 0.506 e. The monoisotopic (exact) mass is 326 g/mol. The van der Waals surface area contributed by atoms with Crippen LogP contribution in [-0.2, 0) is 0 Å². The smallest absolute Gasteiger partial charge is 0.351 e. The van der Waals surface area contributed by atoms with Gasteiger partial charge in [0.05, 0.1) is 5.39 Å². The summed E-state index contributed by atoms with van der Waals surface area (Å²) < 4.78 is 5.07. The Hall–Kier alpha value is -2.85. The van der Waals surface area contributed by atoms with Gasteiger partial charge in [-0.1, -0.05) is 41.9 Å². The summed E-state index contributed by atoms with van der Waals surface area (Å²) in [6, 6.07) is 13.4. The molecule has 114 valence electrons. The van der Waals surface area contributed by atoms with Crippen LogP contribution < -0.4 is 5.63 Å². The molecule has 0 aliphatic carbocycles. The molecule has 2 aromatic carbocycles. The minimum absolute atomic E-state index is 0.227. The zero-order chi connectivity index (χ0) is 16.4. The number of benzene rings is 2. The number of hydrogen-bond acceptors (Lipinski definition) is 4. The van der Waals surface area contributed by atoms with Crippen molar-refractivity contribution >= 4 is 34.4 Å². The lowest BCUT2D eigenvalue weighted by Crippen LogP contribution is -2.12. The van der Waals surface area contributed by atoms with Gasteiger partial charge in [-0.15, -0.1) is 0 Å². The Kier molecular flexibility index (Phi) is 4.00. The van der Waals surface area contributed by atoms with Crippen molar-refractivity contribution in [1.82, 2.24) is 0 Å². The van der Waals surface area contributed by atoms with Gasteiger partial charge in [-0.25, -0.2) is 4.79 Å². The summed E-state index contributed by atoms with van der Waals surface area (Å²) in [6.45, 7) is 0. The second kappa shape index (κ2) is 6.10. The average Bonchev–Trinajstić information content (AvgIpc) is 2.53. The van der Waals surface area contributed by atoms with E-state index >= 15 is 0 Å². The van der Waals surface area contributed by atoms with Crippen molar-refractivity contribution in [2.45, 2.75) is 0 Å². The fourth-order valence-electron chi connectivity index (χ4n) is 2.22. The summed E-state index contributed by atoms with van der Waals surface area (Å²) in [5.41, 5.74) is -0.329. The average molecular weight is 327 g/mol. The Morgan fingerprint density at radius 1 is 1.13 bits per heavy atom. The molecule has 1 N–H and O–H groups in total. The summed E-state index contributed by atoms with van der Waals surface area (Å²) in [7, 11) is 0. The van der Waals surface area contributed by atoms with Crippen LogP contribution in [0.5, 0.6) is 5.75 Å². The van der Waals surface area contributed by atoms with Gasteiger partial charge in [0.25, 0.3) is 0 Å². The molecule has 0 aliphatic heterocycles. The highest BCUT2D eigenvalue weighted by Gasteiger charge is 2.18. The van der Waals surface area contributed by atoms with E-state index in [-0.39, 0.29) is 16.9 Å². The molecule has 5 heteroatoms. The molecule has 1 aromatic heterocycles. The van der Waals surface area contributed by atoms with Gasteiger partial charge in [-0.3, -0.25) is 4.79 Å². The molecule has 23 heavy (non-hydrogen) atoms. The molecule has 0 unspecified atom stereocenters. The second-order valence-electron chi connectivity index (χ2n) is 4.86. The lowest BCUT2D eigenvalue weighted by atomic mass is 10.1. The van der Waals surface area contributed by atoms with Crippen LogP contribution in [0.25, 0.3) is 17.0 Å². The van der Waals surface area contributed by atoms with Crippen molar-refractivity contribution in [1.29, 1.82) is 0 Å². The molecular weight excluding hydrogens is 316 g/mol. The van der Waals surface area contributed by atoms with E-state index in [9.17, 15) is 14.7 Å². The fraction of sp³-hybridized carbons (Fsp3) is 0. The maximum atomic E-state index is 12.2. The van der Waals surface area contributed by atoms with E-state index in [2.05, 4.69) is 0 Å². The molecule has 0 atom stereocenters. The molecule has 0 amide bonds. The topological polar surface area (TPSA) is 67.5 Å². The van der Waals surface area contributed by atoms with E-state index in [1.165, 1.54) is 12.2 Å². The zero-order valence-electron chi connectivity index (χ0n) is 11.8. The number of ketones is 1. The van der Waals surface area contributed by atoms with Crippen molar-refractivity contribution < 1.29 is 14.3 Å². The van der Waals surface area contributed by atoms with Crippen LogP contribution in [-0.4, -0.2) is 10.9 Å². The van der Waals surface area contributed by atoms with Crippen molar-refractivity contribution in [3.8, 4) is 5.75 Å². The third-order valence-corrected chi connectivity index (χ3v) is 3.54. The number of rotatable bonds is 3. The first-order chi connectivity index (χ1) is 11.1. The second-order valence-corrected chi connectivity index (χ2v) is 5.30. The normalized spacial score (nSPS) is 11.2. The van der Waals surface area contributed by atoms with E-state index in [0.717, 1.165) is 0 Å². The van der Waals surface area contributed by atoms with Gasteiger partial charge in [0.15, 0.2) is 5.78 Å². The minimum atomic E-state index is -0.873. The Morgan fingerprint density at radius 3 is 2.70 bits per heavy atom. The maximum Gasteiger partial charge on any atom is 0.351 e. The highest BCUT2D eigenvalue weighted by atomic mass is 35.5. The zero-order valence-corrected chi connectivity index (χ0v) is 12.6. The van der Waals surface area contributed by atoms with Crippen LogP contribution in [0.15, 0.2) is 63.8 Å². The molecule has 0 saturated heterocycles. The maximum absolute atomic E-state index is 12.2. The predicted octanol–water partition coefficient (Wildman–Crippen LogP) is 4.05. The van der Waals surface area contributed by atoms with Crippen LogP contribution >= 0.6 is 11.6 Å². The van der Waals surface area contributed by atoms with Gasteiger partial charge in [0.2, 0.25) is 0 Å². The van der Waals surface area contributed by atoms with Gasteiger partial charge in [0, 0.05) is 5.02 Å². The first-order valence-electron chi connectivity index (χ1n) is 6.79. The van der Waals surface area contributed by atoms with Gasteiger partial charge in [-0.2, -0.15) is 0 Å². The van der Waals surface area contributed by atoms with Gasteiger partial charge >= 0.3 is 5.63 Å². The van der Waals surface area contributed by atoms with Crippen molar-refractivity contribution in [2.24, 2.45) is 0 Å². The highest BCUT2D eigenvalue weighted by Crippen LogP contribution is 2.26. The first kappa shape index (κ1) is 15.1. The summed E-state index contributed by atoms with van der Waals surface area (Å²) in [5, 5.41) is 11.1. The van der Waals surface area contributed by atoms with E-state index in [0.29, 0.717) is 16.0 Å². The van der Waals surface area contributed by atoms with E-state index < -0.39 is 11.4 Å². The number of para-hydroxylation sites is 1. The van der Waals surface area contributed by atoms with Crippen LogP contribution in [0.3, 0.4) is 0 Å². The van der Waals surface area contributed by atoms with E-state index in [4.69, 9.17) is 16.0 Å². The fourth-order valence-corrected chi connectivity index (χ4v) is 2.42. The quantitative estimate of drug-likeness (QED) is 0.448. The highest BCUT2D eigenvalue weighted by molar-refractivity contribution is 6.30.